The predicted molar refractivity (Wildman–Crippen MR) is 104 cm³/mol. The van der Waals surface area contributed by atoms with Gasteiger partial charge in [-0.1, -0.05) is 41.9 Å². The first-order valence-electron chi connectivity index (χ1n) is 9.24. The third kappa shape index (κ3) is 3.46. The van der Waals surface area contributed by atoms with Crippen LogP contribution in [0.1, 0.15) is 22.3 Å². The molecule has 0 saturated carbocycles. The van der Waals surface area contributed by atoms with E-state index in [0.29, 0.717) is 42.6 Å². The molecule has 4 rings (SSSR count). The van der Waals surface area contributed by atoms with Crippen LogP contribution in [0.4, 0.5) is 5.69 Å². The summed E-state index contributed by atoms with van der Waals surface area (Å²) in [5.74, 6) is -0.842. The Morgan fingerprint density at radius 1 is 1.07 bits per heavy atom. The number of hydrogen-bond donors (Lipinski definition) is 1. The van der Waals surface area contributed by atoms with Gasteiger partial charge in [0.15, 0.2) is 11.8 Å². The third-order valence-electron chi connectivity index (χ3n) is 5.25. The maximum Gasteiger partial charge on any atom is 0.292 e. The molecule has 0 aliphatic carbocycles. The smallest absolute Gasteiger partial charge is 0.292 e. The van der Waals surface area contributed by atoms with Crippen molar-refractivity contribution in [3.63, 3.8) is 0 Å². The van der Waals surface area contributed by atoms with E-state index in [1.165, 1.54) is 6.07 Å². The van der Waals surface area contributed by atoms with Crippen LogP contribution >= 0.6 is 11.6 Å². The zero-order chi connectivity index (χ0) is 19.7. The van der Waals surface area contributed by atoms with E-state index in [9.17, 15) is 14.4 Å². The fourth-order valence-corrected chi connectivity index (χ4v) is 3.99. The molecule has 6 nitrogen and oxygen atoms in total. The van der Waals surface area contributed by atoms with Gasteiger partial charge in [0.05, 0.1) is 25.3 Å². The first-order chi connectivity index (χ1) is 13.6. The summed E-state index contributed by atoms with van der Waals surface area (Å²) >= 11 is 6.12. The molecule has 0 aromatic heterocycles. The van der Waals surface area contributed by atoms with Crippen molar-refractivity contribution >= 4 is 34.9 Å². The number of nitrogens with zero attached hydrogens (tertiary/aromatic N) is 1. The molecule has 2 aliphatic heterocycles. The summed E-state index contributed by atoms with van der Waals surface area (Å²) in [5, 5.41) is 0.373. The summed E-state index contributed by atoms with van der Waals surface area (Å²) in [6, 6.07) is 13.0. The lowest BCUT2D eigenvalue weighted by molar-refractivity contribution is -0.922. The monoisotopic (exact) mass is 399 g/mol. The van der Waals surface area contributed by atoms with Crippen LogP contribution in [0, 0.1) is 0 Å². The fourth-order valence-electron chi connectivity index (χ4n) is 3.82. The van der Waals surface area contributed by atoms with Crippen molar-refractivity contribution in [3.8, 4) is 0 Å². The number of ketones is 1. The number of benzene rings is 2. The van der Waals surface area contributed by atoms with Gasteiger partial charge in [0.25, 0.3) is 5.91 Å². The van der Waals surface area contributed by atoms with Crippen molar-refractivity contribution in [1.29, 1.82) is 0 Å². The Morgan fingerprint density at radius 2 is 1.79 bits per heavy atom. The van der Waals surface area contributed by atoms with E-state index in [-0.39, 0.29) is 29.6 Å². The zero-order valence-corrected chi connectivity index (χ0v) is 15.9. The van der Waals surface area contributed by atoms with Gasteiger partial charge in [0.2, 0.25) is 5.91 Å². The summed E-state index contributed by atoms with van der Waals surface area (Å²) in [5.41, 5.74) is 1.02. The number of rotatable bonds is 4. The molecule has 2 amide bonds. The molecule has 2 aliphatic rings. The highest BCUT2D eigenvalue weighted by Crippen LogP contribution is 2.30. The Balaban J connectivity index is 1.70. The van der Waals surface area contributed by atoms with Gasteiger partial charge in [-0.2, -0.15) is 0 Å². The van der Waals surface area contributed by atoms with Crippen molar-refractivity contribution < 1.29 is 24.0 Å². The Morgan fingerprint density at radius 3 is 2.50 bits per heavy atom. The van der Waals surface area contributed by atoms with E-state index in [1.54, 1.807) is 36.4 Å². The number of morpholine rings is 1. The molecule has 1 atom stereocenters. The molecule has 2 fully saturated rings. The number of carbonyl (C=O) groups is 3. The lowest BCUT2D eigenvalue weighted by atomic mass is 10.0. The van der Waals surface area contributed by atoms with Crippen LogP contribution < -0.4 is 9.80 Å². The van der Waals surface area contributed by atoms with Gasteiger partial charge < -0.3 is 9.64 Å². The Hall–Kier alpha value is -2.54. The molecule has 144 valence electrons. The minimum atomic E-state index is -0.438. The summed E-state index contributed by atoms with van der Waals surface area (Å²) < 4.78 is 5.36. The Kier molecular flexibility index (Phi) is 5.26. The summed E-state index contributed by atoms with van der Waals surface area (Å²) in [4.78, 5) is 41.1. The van der Waals surface area contributed by atoms with Gasteiger partial charge >= 0.3 is 0 Å². The first kappa shape index (κ1) is 18.8. The molecule has 2 saturated heterocycles. The minimum absolute atomic E-state index is 0.135. The van der Waals surface area contributed by atoms with E-state index in [0.717, 1.165) is 9.80 Å². The number of nitrogens with one attached hydrogen (secondary N) is 1. The molecule has 0 radical (unpaired) electrons. The molecule has 2 aromatic carbocycles. The van der Waals surface area contributed by atoms with Gasteiger partial charge in [0, 0.05) is 16.1 Å². The van der Waals surface area contributed by atoms with Crippen LogP contribution in [0.5, 0.6) is 0 Å². The lowest BCUT2D eigenvalue weighted by Gasteiger charge is -2.27. The normalized spacial score (nSPS) is 20.6. The van der Waals surface area contributed by atoms with E-state index >= 15 is 0 Å². The van der Waals surface area contributed by atoms with Crippen LogP contribution in [-0.2, 0) is 14.3 Å². The van der Waals surface area contributed by atoms with Crippen molar-refractivity contribution in [1.82, 2.24) is 0 Å². The number of amides is 2. The average molecular weight is 400 g/mol. The van der Waals surface area contributed by atoms with Gasteiger partial charge in [-0.15, -0.1) is 0 Å². The Bertz CT molecular complexity index is 925. The molecule has 0 spiro atoms. The maximum absolute atomic E-state index is 13.1. The number of quaternary nitrogens is 1. The molecule has 0 unspecified atom stereocenters. The molecule has 2 aromatic rings. The average Bonchev–Trinajstić information content (AvgIpc) is 3.03. The summed E-state index contributed by atoms with van der Waals surface area (Å²) in [6.45, 7) is 2.53. The number of halogens is 1. The fraction of sp³-hybridized carbons (Fsp3) is 0.286. The molecule has 2 heterocycles. The third-order valence-corrected chi connectivity index (χ3v) is 5.49. The van der Waals surface area contributed by atoms with Crippen LogP contribution in [0.25, 0.3) is 0 Å². The van der Waals surface area contributed by atoms with Crippen LogP contribution in [0.2, 0.25) is 5.02 Å². The van der Waals surface area contributed by atoms with Crippen molar-refractivity contribution in [2.75, 3.05) is 31.2 Å². The number of ether oxygens (including phenoxy) is 1. The van der Waals surface area contributed by atoms with Gasteiger partial charge in [0.1, 0.15) is 13.1 Å². The SMILES string of the molecule is O=C(c1ccccc1)c1cc(Cl)ccc1N1C(=O)C[C@@H]([NH+]2CCOCC2)C1=O. The molecular formula is C21H20ClN2O4+. The van der Waals surface area contributed by atoms with Crippen LogP contribution in [0.15, 0.2) is 48.5 Å². The van der Waals surface area contributed by atoms with Crippen molar-refractivity contribution in [2.24, 2.45) is 0 Å². The number of anilines is 1. The highest BCUT2D eigenvalue weighted by molar-refractivity contribution is 6.32. The van der Waals surface area contributed by atoms with Crippen molar-refractivity contribution in [3.05, 3.63) is 64.7 Å². The summed E-state index contributed by atoms with van der Waals surface area (Å²) in [6.07, 6.45) is 0.135. The van der Waals surface area contributed by atoms with Gasteiger partial charge in [-0.05, 0) is 18.2 Å². The molecular weight excluding hydrogens is 380 g/mol. The van der Waals surface area contributed by atoms with E-state index in [4.69, 9.17) is 16.3 Å². The lowest BCUT2D eigenvalue weighted by Crippen LogP contribution is -3.18. The molecule has 0 bridgehead atoms. The second kappa shape index (κ2) is 7.83. The molecule has 28 heavy (non-hydrogen) atoms. The first-order valence-corrected chi connectivity index (χ1v) is 9.62. The quantitative estimate of drug-likeness (QED) is 0.618. The molecule has 7 heteroatoms. The van der Waals surface area contributed by atoms with E-state index in [1.807, 2.05) is 6.07 Å². The van der Waals surface area contributed by atoms with Crippen molar-refractivity contribution in [2.45, 2.75) is 12.5 Å². The number of hydrogen-bond acceptors (Lipinski definition) is 4. The second-order valence-electron chi connectivity index (χ2n) is 6.95. The minimum Gasteiger partial charge on any atom is -0.370 e. The van der Waals surface area contributed by atoms with Gasteiger partial charge in [-0.3, -0.25) is 14.4 Å². The topological polar surface area (TPSA) is 68.1 Å². The van der Waals surface area contributed by atoms with E-state index in [2.05, 4.69) is 0 Å². The zero-order valence-electron chi connectivity index (χ0n) is 15.2. The van der Waals surface area contributed by atoms with Crippen LogP contribution in [0.3, 0.4) is 0 Å². The summed E-state index contributed by atoms with van der Waals surface area (Å²) in [7, 11) is 0. The highest BCUT2D eigenvalue weighted by atomic mass is 35.5. The number of carbonyl (C=O) groups excluding carboxylic acids is 3. The predicted octanol–water partition coefficient (Wildman–Crippen LogP) is 1.12. The largest absolute Gasteiger partial charge is 0.370 e. The Labute approximate surface area is 167 Å². The standard InChI is InChI=1S/C21H19ClN2O4/c22-15-6-7-17(16(12-15)20(26)14-4-2-1-3-5-14)24-19(25)13-18(21(24)27)23-8-10-28-11-9-23/h1-7,12,18H,8-11,13H2/p+1/t18-/m1/s1. The van der Waals surface area contributed by atoms with Crippen LogP contribution in [-0.4, -0.2) is 49.9 Å². The number of imide groups is 1. The second-order valence-corrected chi connectivity index (χ2v) is 7.39. The van der Waals surface area contributed by atoms with Gasteiger partial charge in [-0.25, -0.2) is 4.90 Å². The maximum atomic E-state index is 13.1. The molecule has 1 N–H and O–H groups in total. The highest BCUT2D eigenvalue weighted by Gasteiger charge is 2.47. The van der Waals surface area contributed by atoms with E-state index < -0.39 is 6.04 Å².